The Labute approximate surface area is 152 Å². The fraction of sp³-hybridized carbons (Fsp3) is 0.273. The van der Waals surface area contributed by atoms with Gasteiger partial charge in [-0.15, -0.1) is 0 Å². The summed E-state index contributed by atoms with van der Waals surface area (Å²) in [5.74, 6) is -0.210. The van der Waals surface area contributed by atoms with Gasteiger partial charge in [0, 0.05) is 17.0 Å². The summed E-state index contributed by atoms with van der Waals surface area (Å²) in [6.45, 7) is 5.94. The van der Waals surface area contributed by atoms with E-state index in [0.29, 0.717) is 17.6 Å². The van der Waals surface area contributed by atoms with Crippen molar-refractivity contribution in [2.24, 2.45) is 0 Å². The molecule has 0 aliphatic heterocycles. The van der Waals surface area contributed by atoms with Gasteiger partial charge in [0.2, 0.25) is 0 Å². The van der Waals surface area contributed by atoms with Crippen LogP contribution >= 0.6 is 0 Å². The molecule has 1 heterocycles. The van der Waals surface area contributed by atoms with Gasteiger partial charge in [-0.25, -0.2) is 4.79 Å². The molecule has 0 N–H and O–H groups in total. The van der Waals surface area contributed by atoms with Crippen molar-refractivity contribution in [1.29, 1.82) is 0 Å². The molecule has 3 aromatic rings. The molecule has 0 fully saturated rings. The Bertz CT molecular complexity index is 986. The fourth-order valence-corrected chi connectivity index (χ4v) is 3.01. The number of ether oxygens (including phenoxy) is 1. The maximum atomic E-state index is 12.2. The number of rotatable bonds is 5. The molecular formula is C22H22O4. The average molecular weight is 350 g/mol. The smallest absolute Gasteiger partial charge is 0.336 e. The first-order valence-corrected chi connectivity index (χ1v) is 8.69. The molecular weight excluding hydrogens is 328 g/mol. The first-order valence-electron chi connectivity index (χ1n) is 8.69. The van der Waals surface area contributed by atoms with Crippen LogP contribution in [0.15, 0.2) is 57.7 Å². The Morgan fingerprint density at radius 3 is 2.58 bits per heavy atom. The minimum Gasteiger partial charge on any atom is -0.461 e. The van der Waals surface area contributed by atoms with Crippen LogP contribution in [0.25, 0.3) is 11.0 Å². The summed E-state index contributed by atoms with van der Waals surface area (Å²) in [6, 6.07) is 15.1. The Morgan fingerprint density at radius 2 is 1.85 bits per heavy atom. The van der Waals surface area contributed by atoms with E-state index in [1.807, 2.05) is 63.2 Å². The molecule has 0 amide bonds. The van der Waals surface area contributed by atoms with Gasteiger partial charge in [-0.3, -0.25) is 4.79 Å². The van der Waals surface area contributed by atoms with E-state index in [2.05, 4.69) is 0 Å². The third-order valence-electron chi connectivity index (χ3n) is 4.75. The fourth-order valence-electron chi connectivity index (χ4n) is 3.01. The lowest BCUT2D eigenvalue weighted by atomic mass is 9.98. The van der Waals surface area contributed by atoms with Gasteiger partial charge in [0.15, 0.2) is 0 Å². The molecule has 1 aromatic heterocycles. The van der Waals surface area contributed by atoms with Crippen LogP contribution < -0.4 is 5.63 Å². The van der Waals surface area contributed by atoms with E-state index >= 15 is 0 Å². The van der Waals surface area contributed by atoms with Gasteiger partial charge in [-0.05, 0) is 36.5 Å². The Balaban J connectivity index is 1.74. The highest BCUT2D eigenvalue weighted by Gasteiger charge is 2.14. The predicted molar refractivity (Wildman–Crippen MR) is 101 cm³/mol. The van der Waals surface area contributed by atoms with Crippen molar-refractivity contribution in [3.63, 3.8) is 0 Å². The van der Waals surface area contributed by atoms with Crippen molar-refractivity contribution in [1.82, 2.24) is 0 Å². The number of hydrogen-bond acceptors (Lipinski definition) is 4. The van der Waals surface area contributed by atoms with Crippen LogP contribution in [0.4, 0.5) is 0 Å². The Morgan fingerprint density at radius 1 is 1.12 bits per heavy atom. The van der Waals surface area contributed by atoms with Gasteiger partial charge >= 0.3 is 11.6 Å². The van der Waals surface area contributed by atoms with E-state index in [4.69, 9.17) is 9.15 Å². The first kappa shape index (κ1) is 17.9. The second-order valence-corrected chi connectivity index (χ2v) is 6.65. The minimum absolute atomic E-state index is 0.0605. The second-order valence-electron chi connectivity index (χ2n) is 6.65. The number of hydrogen-bond donors (Lipinski definition) is 0. The Hall–Kier alpha value is -2.88. The quantitative estimate of drug-likeness (QED) is 0.496. The molecule has 0 aliphatic carbocycles. The van der Waals surface area contributed by atoms with E-state index in [1.165, 1.54) is 6.07 Å². The van der Waals surface area contributed by atoms with Crippen molar-refractivity contribution >= 4 is 16.9 Å². The molecule has 0 bridgehead atoms. The normalized spacial score (nSPS) is 12.1. The summed E-state index contributed by atoms with van der Waals surface area (Å²) < 4.78 is 10.8. The van der Waals surface area contributed by atoms with Crippen LogP contribution in [-0.2, 0) is 16.1 Å². The number of benzene rings is 2. The highest BCUT2D eigenvalue weighted by atomic mass is 16.5. The average Bonchev–Trinajstić information content (AvgIpc) is 2.64. The predicted octanol–water partition coefficient (Wildman–Crippen LogP) is 4.65. The lowest BCUT2D eigenvalue weighted by Gasteiger charge is -2.12. The van der Waals surface area contributed by atoms with Gasteiger partial charge in [0.25, 0.3) is 0 Å². The molecule has 0 saturated carbocycles. The van der Waals surface area contributed by atoms with Crippen LogP contribution in [0, 0.1) is 13.8 Å². The highest BCUT2D eigenvalue weighted by molar-refractivity contribution is 5.84. The molecule has 26 heavy (non-hydrogen) atoms. The van der Waals surface area contributed by atoms with Crippen molar-refractivity contribution in [2.75, 3.05) is 0 Å². The summed E-state index contributed by atoms with van der Waals surface area (Å²) >= 11 is 0. The summed E-state index contributed by atoms with van der Waals surface area (Å²) in [5, 5.41) is 0.802. The maximum absolute atomic E-state index is 12.2. The largest absolute Gasteiger partial charge is 0.461 e. The van der Waals surface area contributed by atoms with Crippen molar-refractivity contribution in [3.8, 4) is 0 Å². The molecule has 4 heteroatoms. The van der Waals surface area contributed by atoms with Gasteiger partial charge in [-0.2, -0.15) is 0 Å². The standard InChI is InChI=1S/C22H22O4/c1-14-9-10-19-18(12-21(24)26-22(19)16(14)3)13-25-20(23)11-15(2)17-7-5-4-6-8-17/h4-10,12,15H,11,13H2,1-3H3/t15-/m1/s1. The monoisotopic (exact) mass is 350 g/mol. The minimum atomic E-state index is -0.435. The summed E-state index contributed by atoms with van der Waals surface area (Å²) in [5.41, 5.74) is 3.86. The zero-order valence-corrected chi connectivity index (χ0v) is 15.2. The van der Waals surface area contributed by atoms with Crippen LogP contribution in [0.1, 0.15) is 41.5 Å². The molecule has 0 unspecified atom stereocenters. The van der Waals surface area contributed by atoms with Crippen LogP contribution in [-0.4, -0.2) is 5.97 Å². The highest BCUT2D eigenvalue weighted by Crippen LogP contribution is 2.24. The van der Waals surface area contributed by atoms with Crippen molar-refractivity contribution in [2.45, 2.75) is 39.7 Å². The molecule has 0 saturated heterocycles. The van der Waals surface area contributed by atoms with Crippen LogP contribution in [0.2, 0.25) is 0 Å². The third-order valence-corrected chi connectivity index (χ3v) is 4.75. The van der Waals surface area contributed by atoms with E-state index in [0.717, 1.165) is 22.1 Å². The molecule has 1 atom stereocenters. The zero-order chi connectivity index (χ0) is 18.7. The number of fused-ring (bicyclic) bond motifs is 1. The maximum Gasteiger partial charge on any atom is 0.336 e. The molecule has 134 valence electrons. The van der Waals surface area contributed by atoms with E-state index in [1.54, 1.807) is 0 Å². The number of carbonyl (C=O) groups excluding carboxylic acids is 1. The molecule has 4 nitrogen and oxygen atoms in total. The summed E-state index contributed by atoms with van der Waals surface area (Å²) in [4.78, 5) is 24.1. The van der Waals surface area contributed by atoms with Crippen LogP contribution in [0.5, 0.6) is 0 Å². The molecule has 2 aromatic carbocycles. The molecule has 0 spiro atoms. The van der Waals surface area contributed by atoms with E-state index < -0.39 is 5.63 Å². The summed E-state index contributed by atoms with van der Waals surface area (Å²) in [7, 11) is 0. The van der Waals surface area contributed by atoms with Crippen LogP contribution in [0.3, 0.4) is 0 Å². The lowest BCUT2D eigenvalue weighted by Crippen LogP contribution is -2.10. The van der Waals surface area contributed by atoms with E-state index in [-0.39, 0.29) is 18.5 Å². The molecule has 0 radical (unpaired) electrons. The third kappa shape index (κ3) is 3.85. The molecule has 3 rings (SSSR count). The first-order chi connectivity index (χ1) is 12.5. The Kier molecular flexibility index (Phi) is 5.21. The second kappa shape index (κ2) is 7.56. The van der Waals surface area contributed by atoms with E-state index in [9.17, 15) is 9.59 Å². The summed E-state index contributed by atoms with van der Waals surface area (Å²) in [6.07, 6.45) is 0.293. The topological polar surface area (TPSA) is 56.5 Å². The van der Waals surface area contributed by atoms with Crippen molar-refractivity contribution in [3.05, 3.63) is 81.2 Å². The number of aryl methyl sites for hydroxylation is 2. The van der Waals surface area contributed by atoms with Gasteiger partial charge in [-0.1, -0.05) is 49.4 Å². The van der Waals surface area contributed by atoms with Gasteiger partial charge < -0.3 is 9.15 Å². The SMILES string of the molecule is Cc1ccc2c(COC(=O)C[C@@H](C)c3ccccc3)cc(=O)oc2c1C. The molecule has 0 aliphatic rings. The lowest BCUT2D eigenvalue weighted by molar-refractivity contribution is -0.145. The van der Waals surface area contributed by atoms with Gasteiger partial charge in [0.1, 0.15) is 12.2 Å². The number of carbonyl (C=O) groups is 1. The number of esters is 1. The van der Waals surface area contributed by atoms with Gasteiger partial charge in [0.05, 0.1) is 6.42 Å². The zero-order valence-electron chi connectivity index (χ0n) is 15.2. The van der Waals surface area contributed by atoms with Crippen molar-refractivity contribution < 1.29 is 13.9 Å².